The predicted octanol–water partition coefficient (Wildman–Crippen LogP) is 3.52. The SMILES string of the molecule is Cc1cccc(C)c1CN(C)c1ccccc1N. The Morgan fingerprint density at radius 3 is 2.17 bits per heavy atom. The molecular weight excluding hydrogens is 220 g/mol. The average molecular weight is 240 g/mol. The van der Waals surface area contributed by atoms with Gasteiger partial charge >= 0.3 is 0 Å². The molecule has 0 amide bonds. The van der Waals surface area contributed by atoms with E-state index in [1.165, 1.54) is 16.7 Å². The summed E-state index contributed by atoms with van der Waals surface area (Å²) in [6, 6.07) is 14.4. The molecule has 0 aliphatic carbocycles. The summed E-state index contributed by atoms with van der Waals surface area (Å²) in [6.07, 6.45) is 0. The molecule has 0 saturated carbocycles. The van der Waals surface area contributed by atoms with Gasteiger partial charge in [-0.05, 0) is 42.7 Å². The van der Waals surface area contributed by atoms with Crippen molar-refractivity contribution < 1.29 is 0 Å². The molecule has 0 aromatic heterocycles. The summed E-state index contributed by atoms with van der Waals surface area (Å²) >= 11 is 0. The van der Waals surface area contributed by atoms with E-state index in [2.05, 4.69) is 50.1 Å². The van der Waals surface area contributed by atoms with E-state index >= 15 is 0 Å². The van der Waals surface area contributed by atoms with E-state index in [0.29, 0.717) is 0 Å². The Hall–Kier alpha value is -1.96. The lowest BCUT2D eigenvalue weighted by Gasteiger charge is -2.23. The van der Waals surface area contributed by atoms with E-state index in [9.17, 15) is 0 Å². The zero-order valence-corrected chi connectivity index (χ0v) is 11.3. The summed E-state index contributed by atoms with van der Waals surface area (Å²) in [5.41, 5.74) is 12.0. The first kappa shape index (κ1) is 12.5. The first-order chi connectivity index (χ1) is 8.59. The Morgan fingerprint density at radius 2 is 1.56 bits per heavy atom. The molecule has 2 aromatic rings. The van der Waals surface area contributed by atoms with E-state index in [4.69, 9.17) is 5.73 Å². The Kier molecular flexibility index (Phi) is 3.56. The van der Waals surface area contributed by atoms with Crippen LogP contribution in [-0.4, -0.2) is 7.05 Å². The van der Waals surface area contributed by atoms with E-state index in [-0.39, 0.29) is 0 Å². The molecule has 18 heavy (non-hydrogen) atoms. The highest BCUT2D eigenvalue weighted by Crippen LogP contribution is 2.24. The zero-order valence-electron chi connectivity index (χ0n) is 11.3. The van der Waals surface area contributed by atoms with Crippen molar-refractivity contribution in [3.8, 4) is 0 Å². The molecule has 0 radical (unpaired) electrons. The van der Waals surface area contributed by atoms with Crippen LogP contribution < -0.4 is 10.6 Å². The summed E-state index contributed by atoms with van der Waals surface area (Å²) in [5, 5.41) is 0. The normalized spacial score (nSPS) is 10.4. The lowest BCUT2D eigenvalue weighted by atomic mass is 10.0. The first-order valence-electron chi connectivity index (χ1n) is 6.20. The minimum atomic E-state index is 0.825. The first-order valence-corrected chi connectivity index (χ1v) is 6.20. The molecule has 0 spiro atoms. The van der Waals surface area contributed by atoms with Crippen molar-refractivity contribution >= 4 is 11.4 Å². The number of anilines is 2. The van der Waals surface area contributed by atoms with E-state index in [0.717, 1.165) is 17.9 Å². The van der Waals surface area contributed by atoms with Crippen LogP contribution in [0.5, 0.6) is 0 Å². The summed E-state index contributed by atoms with van der Waals surface area (Å²) in [4.78, 5) is 2.20. The van der Waals surface area contributed by atoms with Crippen molar-refractivity contribution in [2.24, 2.45) is 0 Å². The standard InChI is InChI=1S/C16H20N2/c1-12-7-6-8-13(2)14(12)11-18(3)16-10-5-4-9-15(16)17/h4-10H,11,17H2,1-3H3. The third-order valence-corrected chi connectivity index (χ3v) is 3.39. The van der Waals surface area contributed by atoms with Gasteiger partial charge in [0.05, 0.1) is 11.4 Å². The topological polar surface area (TPSA) is 29.3 Å². The zero-order chi connectivity index (χ0) is 13.1. The van der Waals surface area contributed by atoms with Crippen LogP contribution in [0.1, 0.15) is 16.7 Å². The van der Waals surface area contributed by atoms with Gasteiger partial charge in [0.1, 0.15) is 0 Å². The van der Waals surface area contributed by atoms with Gasteiger partial charge < -0.3 is 10.6 Å². The van der Waals surface area contributed by atoms with Crippen LogP contribution in [0.4, 0.5) is 11.4 Å². The second kappa shape index (κ2) is 5.13. The minimum Gasteiger partial charge on any atom is -0.397 e. The van der Waals surface area contributed by atoms with Crippen LogP contribution in [0.3, 0.4) is 0 Å². The second-order valence-electron chi connectivity index (χ2n) is 4.79. The van der Waals surface area contributed by atoms with Crippen molar-refractivity contribution in [2.45, 2.75) is 20.4 Å². The van der Waals surface area contributed by atoms with E-state index in [1.54, 1.807) is 0 Å². The number of rotatable bonds is 3. The Balaban J connectivity index is 2.27. The third kappa shape index (κ3) is 2.48. The summed E-state index contributed by atoms with van der Waals surface area (Å²) in [5.74, 6) is 0. The summed E-state index contributed by atoms with van der Waals surface area (Å²) in [6.45, 7) is 5.20. The fourth-order valence-electron chi connectivity index (χ4n) is 2.26. The number of benzene rings is 2. The lowest BCUT2D eigenvalue weighted by Crippen LogP contribution is -2.19. The molecule has 2 aromatic carbocycles. The molecule has 0 saturated heterocycles. The Morgan fingerprint density at radius 1 is 0.944 bits per heavy atom. The number of para-hydroxylation sites is 2. The number of nitrogens with zero attached hydrogens (tertiary/aromatic N) is 1. The molecule has 0 aliphatic rings. The van der Waals surface area contributed by atoms with Gasteiger partial charge in [-0.1, -0.05) is 30.3 Å². The lowest BCUT2D eigenvalue weighted by molar-refractivity contribution is 0.906. The van der Waals surface area contributed by atoms with Gasteiger partial charge in [-0.15, -0.1) is 0 Å². The summed E-state index contributed by atoms with van der Waals surface area (Å²) < 4.78 is 0. The fourth-order valence-corrected chi connectivity index (χ4v) is 2.26. The highest BCUT2D eigenvalue weighted by atomic mass is 15.1. The number of aryl methyl sites for hydroxylation is 2. The second-order valence-corrected chi connectivity index (χ2v) is 4.79. The van der Waals surface area contributed by atoms with Crippen LogP contribution in [0, 0.1) is 13.8 Å². The van der Waals surface area contributed by atoms with Crippen molar-refractivity contribution in [1.82, 2.24) is 0 Å². The number of nitrogen functional groups attached to an aromatic ring is 1. The minimum absolute atomic E-state index is 0.825. The van der Waals surface area contributed by atoms with Gasteiger partial charge in [0.2, 0.25) is 0 Å². The molecule has 0 unspecified atom stereocenters. The van der Waals surface area contributed by atoms with Crippen LogP contribution in [-0.2, 0) is 6.54 Å². The average Bonchev–Trinajstić information content (AvgIpc) is 2.34. The molecule has 0 bridgehead atoms. The van der Waals surface area contributed by atoms with Gasteiger partial charge in [0.25, 0.3) is 0 Å². The van der Waals surface area contributed by atoms with Crippen LogP contribution in [0.15, 0.2) is 42.5 Å². The molecule has 0 fully saturated rings. The number of hydrogen-bond donors (Lipinski definition) is 1. The molecular formula is C16H20N2. The highest BCUT2D eigenvalue weighted by molar-refractivity contribution is 5.67. The Bertz CT molecular complexity index is 526. The largest absolute Gasteiger partial charge is 0.397 e. The molecule has 0 atom stereocenters. The van der Waals surface area contributed by atoms with Gasteiger partial charge in [-0.25, -0.2) is 0 Å². The predicted molar refractivity (Wildman–Crippen MR) is 78.9 cm³/mol. The smallest absolute Gasteiger partial charge is 0.0600 e. The maximum atomic E-state index is 6.01. The quantitative estimate of drug-likeness (QED) is 0.832. The summed E-state index contributed by atoms with van der Waals surface area (Å²) in [7, 11) is 2.08. The number of nitrogens with two attached hydrogens (primary N) is 1. The van der Waals surface area contributed by atoms with Crippen LogP contribution in [0.25, 0.3) is 0 Å². The van der Waals surface area contributed by atoms with Crippen molar-refractivity contribution in [3.63, 3.8) is 0 Å². The number of hydrogen-bond acceptors (Lipinski definition) is 2. The molecule has 2 N–H and O–H groups in total. The van der Waals surface area contributed by atoms with Gasteiger partial charge in [-0.3, -0.25) is 0 Å². The molecule has 0 heterocycles. The van der Waals surface area contributed by atoms with Crippen molar-refractivity contribution in [1.29, 1.82) is 0 Å². The van der Waals surface area contributed by atoms with Crippen molar-refractivity contribution in [2.75, 3.05) is 17.7 Å². The van der Waals surface area contributed by atoms with Crippen LogP contribution >= 0.6 is 0 Å². The monoisotopic (exact) mass is 240 g/mol. The maximum absolute atomic E-state index is 6.01. The highest BCUT2D eigenvalue weighted by Gasteiger charge is 2.08. The Labute approximate surface area is 109 Å². The van der Waals surface area contributed by atoms with Crippen LogP contribution in [0.2, 0.25) is 0 Å². The molecule has 2 rings (SSSR count). The van der Waals surface area contributed by atoms with E-state index in [1.807, 2.05) is 18.2 Å². The molecule has 2 nitrogen and oxygen atoms in total. The molecule has 94 valence electrons. The fraction of sp³-hybridized carbons (Fsp3) is 0.250. The molecule has 0 aliphatic heterocycles. The molecule has 2 heteroatoms. The van der Waals surface area contributed by atoms with Crippen molar-refractivity contribution in [3.05, 3.63) is 59.2 Å². The van der Waals surface area contributed by atoms with E-state index < -0.39 is 0 Å². The van der Waals surface area contributed by atoms with Gasteiger partial charge in [-0.2, -0.15) is 0 Å². The maximum Gasteiger partial charge on any atom is 0.0600 e. The van der Waals surface area contributed by atoms with Gasteiger partial charge in [0, 0.05) is 13.6 Å². The van der Waals surface area contributed by atoms with Gasteiger partial charge in [0.15, 0.2) is 0 Å². The third-order valence-electron chi connectivity index (χ3n) is 3.39.